The van der Waals surface area contributed by atoms with Crippen molar-refractivity contribution in [3.8, 4) is 0 Å². The van der Waals surface area contributed by atoms with Crippen LogP contribution < -0.4 is 9.62 Å². The minimum atomic E-state index is -3.48. The molecule has 0 saturated carbocycles. The summed E-state index contributed by atoms with van der Waals surface area (Å²) in [5, 5.41) is 2.87. The topological polar surface area (TPSA) is 66.5 Å². The highest BCUT2D eigenvalue weighted by Gasteiger charge is 2.19. The zero-order valence-electron chi connectivity index (χ0n) is 16.6. The van der Waals surface area contributed by atoms with Gasteiger partial charge in [0.1, 0.15) is 0 Å². The van der Waals surface area contributed by atoms with Gasteiger partial charge in [-0.25, -0.2) is 8.42 Å². The number of nitrogens with one attached hydrogen (secondary N) is 1. The van der Waals surface area contributed by atoms with Crippen LogP contribution in [0, 0.1) is 13.8 Å². The van der Waals surface area contributed by atoms with Gasteiger partial charge in [-0.3, -0.25) is 9.10 Å². The molecule has 0 radical (unpaired) electrons. The van der Waals surface area contributed by atoms with E-state index in [-0.39, 0.29) is 18.9 Å². The highest BCUT2D eigenvalue weighted by molar-refractivity contribution is 7.92. The van der Waals surface area contributed by atoms with Gasteiger partial charge in [0.15, 0.2) is 0 Å². The average Bonchev–Trinajstić information content (AvgIpc) is 2.58. The number of benzene rings is 2. The molecule has 0 unspecified atom stereocenters. The summed E-state index contributed by atoms with van der Waals surface area (Å²) in [5.41, 5.74) is 4.57. The predicted octanol–water partition coefficient (Wildman–Crippen LogP) is 4.22. The molecule has 27 heavy (non-hydrogen) atoms. The Hall–Kier alpha value is -2.34. The van der Waals surface area contributed by atoms with E-state index in [9.17, 15) is 13.2 Å². The third-order valence-corrected chi connectivity index (χ3v) is 5.86. The van der Waals surface area contributed by atoms with Crippen LogP contribution in [0.3, 0.4) is 0 Å². The molecular formula is C21H28N2O3S. The van der Waals surface area contributed by atoms with Crippen LogP contribution in [-0.4, -0.2) is 27.1 Å². The van der Waals surface area contributed by atoms with Crippen LogP contribution >= 0.6 is 0 Å². The van der Waals surface area contributed by atoms with E-state index in [4.69, 9.17) is 0 Å². The van der Waals surface area contributed by atoms with Crippen LogP contribution in [0.15, 0.2) is 42.5 Å². The van der Waals surface area contributed by atoms with Crippen molar-refractivity contribution < 1.29 is 13.2 Å². The molecule has 0 bridgehead atoms. The zero-order chi connectivity index (χ0) is 20.2. The van der Waals surface area contributed by atoms with E-state index in [2.05, 4.69) is 19.2 Å². The lowest BCUT2D eigenvalue weighted by atomic mass is 10.0. The van der Waals surface area contributed by atoms with Crippen LogP contribution in [-0.2, 0) is 14.8 Å². The van der Waals surface area contributed by atoms with E-state index < -0.39 is 10.0 Å². The van der Waals surface area contributed by atoms with E-state index in [0.29, 0.717) is 11.6 Å². The maximum atomic E-state index is 12.3. The molecule has 0 atom stereocenters. The van der Waals surface area contributed by atoms with Gasteiger partial charge >= 0.3 is 0 Å². The summed E-state index contributed by atoms with van der Waals surface area (Å²) in [7, 11) is -3.48. The van der Waals surface area contributed by atoms with Crippen LogP contribution in [0.1, 0.15) is 42.9 Å². The molecule has 2 rings (SSSR count). The van der Waals surface area contributed by atoms with Gasteiger partial charge in [-0.2, -0.15) is 0 Å². The Kier molecular flexibility index (Phi) is 6.65. The van der Waals surface area contributed by atoms with Crippen molar-refractivity contribution in [2.75, 3.05) is 22.4 Å². The monoisotopic (exact) mass is 388 g/mol. The Morgan fingerprint density at radius 2 is 1.70 bits per heavy atom. The number of amides is 1. The number of aryl methyl sites for hydroxylation is 1. The second kappa shape index (κ2) is 8.57. The molecule has 0 heterocycles. The SMILES string of the molecule is Cc1cccc(NC(=O)CCN(c2ccc(C(C)C)cc2)S(C)(=O)=O)c1C. The van der Waals surface area contributed by atoms with E-state index in [0.717, 1.165) is 28.6 Å². The van der Waals surface area contributed by atoms with Gasteiger partial charge in [0, 0.05) is 18.7 Å². The van der Waals surface area contributed by atoms with Gasteiger partial charge in [0.25, 0.3) is 0 Å². The van der Waals surface area contributed by atoms with E-state index in [1.807, 2.05) is 44.2 Å². The van der Waals surface area contributed by atoms with Gasteiger partial charge in [0.2, 0.25) is 15.9 Å². The fraction of sp³-hybridized carbons (Fsp3) is 0.381. The summed E-state index contributed by atoms with van der Waals surface area (Å²) in [6, 6.07) is 13.1. The molecule has 0 aliphatic carbocycles. The van der Waals surface area contributed by atoms with Gasteiger partial charge in [-0.05, 0) is 54.7 Å². The minimum absolute atomic E-state index is 0.0758. The number of anilines is 2. The fourth-order valence-corrected chi connectivity index (χ4v) is 3.74. The van der Waals surface area contributed by atoms with Crippen LogP contribution in [0.5, 0.6) is 0 Å². The first kappa shape index (κ1) is 21.0. The second-order valence-electron chi connectivity index (χ2n) is 7.13. The molecule has 5 nitrogen and oxygen atoms in total. The summed E-state index contributed by atoms with van der Waals surface area (Å²) in [6.07, 6.45) is 1.23. The fourth-order valence-electron chi connectivity index (χ4n) is 2.81. The van der Waals surface area contributed by atoms with Crippen LogP contribution in [0.25, 0.3) is 0 Å². The second-order valence-corrected chi connectivity index (χ2v) is 9.03. The molecule has 1 N–H and O–H groups in total. The van der Waals surface area contributed by atoms with Crippen molar-refractivity contribution in [2.45, 2.75) is 40.0 Å². The van der Waals surface area contributed by atoms with Crippen molar-refractivity contribution in [1.29, 1.82) is 0 Å². The number of rotatable bonds is 7. The molecule has 2 aromatic rings. The number of carbonyl (C=O) groups excluding carboxylic acids is 1. The number of nitrogens with zero attached hydrogens (tertiary/aromatic N) is 1. The average molecular weight is 389 g/mol. The van der Waals surface area contributed by atoms with Gasteiger partial charge in [-0.1, -0.05) is 38.1 Å². The molecule has 0 aliphatic rings. The molecule has 146 valence electrons. The molecular weight excluding hydrogens is 360 g/mol. The smallest absolute Gasteiger partial charge is 0.232 e. The molecule has 0 aliphatic heterocycles. The van der Waals surface area contributed by atoms with Crippen molar-refractivity contribution in [2.24, 2.45) is 0 Å². The Labute approximate surface area is 162 Å². The molecule has 0 aromatic heterocycles. The predicted molar refractivity (Wildman–Crippen MR) is 112 cm³/mol. The third kappa shape index (κ3) is 5.57. The summed E-state index contributed by atoms with van der Waals surface area (Å²) >= 11 is 0. The number of sulfonamides is 1. The third-order valence-electron chi connectivity index (χ3n) is 4.67. The zero-order valence-corrected chi connectivity index (χ0v) is 17.4. The van der Waals surface area contributed by atoms with Crippen LogP contribution in [0.4, 0.5) is 11.4 Å². The number of hydrogen-bond acceptors (Lipinski definition) is 3. The molecule has 1 amide bonds. The van der Waals surface area contributed by atoms with Crippen LogP contribution in [0.2, 0.25) is 0 Å². The number of hydrogen-bond donors (Lipinski definition) is 1. The number of carbonyl (C=O) groups is 1. The molecule has 6 heteroatoms. The maximum absolute atomic E-state index is 12.3. The lowest BCUT2D eigenvalue weighted by Crippen LogP contribution is -2.33. The first-order chi connectivity index (χ1) is 12.6. The maximum Gasteiger partial charge on any atom is 0.232 e. The highest BCUT2D eigenvalue weighted by Crippen LogP contribution is 2.23. The first-order valence-electron chi connectivity index (χ1n) is 9.03. The van der Waals surface area contributed by atoms with E-state index in [1.165, 1.54) is 4.31 Å². The minimum Gasteiger partial charge on any atom is -0.326 e. The molecule has 0 fully saturated rings. The molecule has 0 spiro atoms. The lowest BCUT2D eigenvalue weighted by molar-refractivity contribution is -0.116. The Balaban J connectivity index is 2.11. The van der Waals surface area contributed by atoms with Crippen molar-refractivity contribution in [3.05, 3.63) is 59.2 Å². The Bertz CT molecular complexity index is 904. The largest absolute Gasteiger partial charge is 0.326 e. The van der Waals surface area contributed by atoms with E-state index in [1.54, 1.807) is 12.1 Å². The summed E-state index contributed by atoms with van der Waals surface area (Å²) < 4.78 is 25.7. The Morgan fingerprint density at radius 3 is 2.26 bits per heavy atom. The lowest BCUT2D eigenvalue weighted by Gasteiger charge is -2.23. The normalized spacial score (nSPS) is 11.5. The summed E-state index contributed by atoms with van der Waals surface area (Å²) in [5.74, 6) is 0.158. The standard InChI is InChI=1S/C21H28N2O3S/c1-15(2)18-9-11-19(12-10-18)23(27(5,25)26)14-13-21(24)22-20-8-6-7-16(3)17(20)4/h6-12,15H,13-14H2,1-5H3,(H,22,24). The van der Waals surface area contributed by atoms with Crippen molar-refractivity contribution >= 4 is 27.3 Å². The Morgan fingerprint density at radius 1 is 1.07 bits per heavy atom. The van der Waals surface area contributed by atoms with Crippen molar-refractivity contribution in [3.63, 3.8) is 0 Å². The first-order valence-corrected chi connectivity index (χ1v) is 10.9. The van der Waals surface area contributed by atoms with E-state index >= 15 is 0 Å². The summed E-state index contributed by atoms with van der Waals surface area (Å²) in [4.78, 5) is 12.3. The molecule has 0 saturated heterocycles. The van der Waals surface area contributed by atoms with Gasteiger partial charge < -0.3 is 5.32 Å². The summed E-state index contributed by atoms with van der Waals surface area (Å²) in [6.45, 7) is 8.19. The van der Waals surface area contributed by atoms with Gasteiger partial charge in [0.05, 0.1) is 11.9 Å². The molecule has 2 aromatic carbocycles. The quantitative estimate of drug-likeness (QED) is 0.772. The van der Waals surface area contributed by atoms with Gasteiger partial charge in [-0.15, -0.1) is 0 Å². The highest BCUT2D eigenvalue weighted by atomic mass is 32.2. The van der Waals surface area contributed by atoms with Crippen molar-refractivity contribution in [1.82, 2.24) is 0 Å².